The normalized spacial score (nSPS) is 33.2. The van der Waals surface area contributed by atoms with E-state index in [-0.39, 0.29) is 11.3 Å². The maximum absolute atomic E-state index is 12.1. The highest BCUT2D eigenvalue weighted by molar-refractivity contribution is 14.1. The average molecular weight is 455 g/mol. The van der Waals surface area contributed by atoms with Crippen molar-refractivity contribution < 1.29 is 15.1 Å². The second kappa shape index (κ2) is 6.25. The van der Waals surface area contributed by atoms with Crippen molar-refractivity contribution >= 4 is 34.3 Å². The largest absolute Gasteiger partial charge is 0.481 e. The van der Waals surface area contributed by atoms with E-state index < -0.39 is 11.4 Å². The van der Waals surface area contributed by atoms with Crippen LogP contribution in [0.15, 0.2) is 17.3 Å². The van der Waals surface area contributed by atoms with Crippen LogP contribution in [-0.2, 0) is 10.2 Å². The van der Waals surface area contributed by atoms with E-state index in [0.29, 0.717) is 24.5 Å². The summed E-state index contributed by atoms with van der Waals surface area (Å²) >= 11 is 2.37. The molecule has 0 amide bonds. The molecule has 4 nitrogen and oxygen atoms in total. The van der Waals surface area contributed by atoms with Gasteiger partial charge in [0.05, 0.1) is 11.1 Å². The minimum atomic E-state index is -0.789. The van der Waals surface area contributed by atoms with E-state index in [0.717, 1.165) is 24.0 Å². The molecule has 1 fully saturated rings. The third-order valence-corrected chi connectivity index (χ3v) is 7.56. The Morgan fingerprint density at radius 2 is 2.00 bits per heavy atom. The standard InChI is InChI=1S/C20H26INO3/c1-11(2)12-8-13-14(9-15(12)21)19(3)6-5-7-20(4,18(23)24)17(19)10-16(13)22-25/h8-9,11,17,25H,5-7,10H2,1-4H3,(H,23,24)/b22-16-/t17?,19-,20-/m1/s1. The van der Waals surface area contributed by atoms with Gasteiger partial charge in [-0.3, -0.25) is 4.79 Å². The lowest BCUT2D eigenvalue weighted by Gasteiger charge is -2.53. The fraction of sp³-hybridized carbons (Fsp3) is 0.600. The number of carbonyl (C=O) groups is 1. The summed E-state index contributed by atoms with van der Waals surface area (Å²) in [6.45, 7) is 8.39. The zero-order valence-corrected chi connectivity index (χ0v) is 17.4. The molecule has 3 rings (SSSR count). The van der Waals surface area contributed by atoms with Crippen molar-refractivity contribution in [2.45, 2.75) is 64.7 Å². The van der Waals surface area contributed by atoms with Gasteiger partial charge in [0.2, 0.25) is 0 Å². The van der Waals surface area contributed by atoms with E-state index in [1.54, 1.807) is 0 Å². The summed E-state index contributed by atoms with van der Waals surface area (Å²) in [4.78, 5) is 12.1. The first-order valence-electron chi connectivity index (χ1n) is 8.93. The summed E-state index contributed by atoms with van der Waals surface area (Å²) < 4.78 is 1.20. The van der Waals surface area contributed by atoms with Crippen LogP contribution < -0.4 is 0 Å². The number of carboxylic acids is 1. The highest BCUT2D eigenvalue weighted by atomic mass is 127. The first-order chi connectivity index (χ1) is 11.6. The average Bonchev–Trinajstić information content (AvgIpc) is 2.54. The monoisotopic (exact) mass is 455 g/mol. The summed E-state index contributed by atoms with van der Waals surface area (Å²) in [7, 11) is 0. The molecule has 3 atom stereocenters. The summed E-state index contributed by atoms with van der Waals surface area (Å²) in [6.07, 6.45) is 3.07. The third-order valence-electron chi connectivity index (χ3n) is 6.62. The molecule has 0 saturated heterocycles. The molecule has 0 bridgehead atoms. The maximum Gasteiger partial charge on any atom is 0.309 e. The molecule has 1 saturated carbocycles. The third kappa shape index (κ3) is 2.69. The molecule has 1 aromatic carbocycles. The van der Waals surface area contributed by atoms with Crippen molar-refractivity contribution in [3.05, 3.63) is 32.4 Å². The fourth-order valence-electron chi connectivity index (χ4n) is 5.05. The van der Waals surface area contributed by atoms with Crippen molar-refractivity contribution in [1.82, 2.24) is 0 Å². The van der Waals surface area contributed by atoms with Crippen molar-refractivity contribution in [3.8, 4) is 0 Å². The number of hydrogen-bond acceptors (Lipinski definition) is 3. The minimum absolute atomic E-state index is 0.0645. The van der Waals surface area contributed by atoms with Crippen LogP contribution in [0.3, 0.4) is 0 Å². The number of rotatable bonds is 2. The molecule has 2 N–H and O–H groups in total. The summed E-state index contributed by atoms with van der Waals surface area (Å²) in [5.74, 6) is -0.415. The number of oxime groups is 1. The van der Waals surface area contributed by atoms with Gasteiger partial charge in [0.15, 0.2) is 0 Å². The predicted octanol–water partition coefficient (Wildman–Crippen LogP) is 5.15. The minimum Gasteiger partial charge on any atom is -0.481 e. The van der Waals surface area contributed by atoms with E-state index >= 15 is 0 Å². The quantitative estimate of drug-likeness (QED) is 0.369. The molecule has 0 aliphatic heterocycles. The molecular weight excluding hydrogens is 429 g/mol. The summed E-state index contributed by atoms with van der Waals surface area (Å²) in [5, 5.41) is 23.2. The molecule has 0 spiro atoms. The van der Waals surface area contributed by atoms with Crippen LogP contribution in [0.4, 0.5) is 0 Å². The molecule has 136 valence electrons. The van der Waals surface area contributed by atoms with Crippen LogP contribution in [0.25, 0.3) is 0 Å². The Hall–Kier alpha value is -1.11. The Labute approximate surface area is 162 Å². The van der Waals surface area contributed by atoms with Crippen molar-refractivity contribution in [3.63, 3.8) is 0 Å². The fourth-order valence-corrected chi connectivity index (χ4v) is 6.13. The number of halogens is 1. The van der Waals surface area contributed by atoms with Crippen LogP contribution >= 0.6 is 22.6 Å². The Morgan fingerprint density at radius 1 is 1.32 bits per heavy atom. The number of hydrogen-bond donors (Lipinski definition) is 2. The van der Waals surface area contributed by atoms with Crippen molar-refractivity contribution in [2.24, 2.45) is 16.5 Å². The lowest BCUT2D eigenvalue weighted by atomic mass is 9.49. The van der Waals surface area contributed by atoms with E-state index in [1.807, 2.05) is 6.92 Å². The van der Waals surface area contributed by atoms with E-state index in [9.17, 15) is 15.1 Å². The van der Waals surface area contributed by atoms with Crippen molar-refractivity contribution in [2.75, 3.05) is 0 Å². The van der Waals surface area contributed by atoms with Gasteiger partial charge in [-0.2, -0.15) is 0 Å². The van der Waals surface area contributed by atoms with Gasteiger partial charge in [-0.1, -0.05) is 32.3 Å². The Bertz CT molecular complexity index is 758. The van der Waals surface area contributed by atoms with Crippen molar-refractivity contribution in [1.29, 1.82) is 0 Å². The molecule has 25 heavy (non-hydrogen) atoms. The SMILES string of the molecule is CC(C)c1cc2c(cc1I)[C@@]1(C)CCC[C@@](C)(C(=O)O)C1C/C2=N/O. The molecule has 1 unspecified atom stereocenters. The topological polar surface area (TPSA) is 69.9 Å². The smallest absolute Gasteiger partial charge is 0.309 e. The molecule has 1 aromatic rings. The van der Waals surface area contributed by atoms with E-state index in [4.69, 9.17) is 0 Å². The number of carboxylic acid groups (broad SMARTS) is 1. The van der Waals surface area contributed by atoms with Gasteiger partial charge in [0.25, 0.3) is 0 Å². The summed E-state index contributed by atoms with van der Waals surface area (Å²) in [6, 6.07) is 4.36. The first kappa shape index (κ1) is 18.7. The zero-order valence-electron chi connectivity index (χ0n) is 15.3. The van der Waals surface area contributed by atoms with Gasteiger partial charge < -0.3 is 10.3 Å². The maximum atomic E-state index is 12.1. The second-order valence-electron chi connectivity index (χ2n) is 8.37. The molecule has 2 aliphatic rings. The first-order valence-corrected chi connectivity index (χ1v) is 10.0. The predicted molar refractivity (Wildman–Crippen MR) is 107 cm³/mol. The van der Waals surface area contributed by atoms with Gasteiger partial charge in [-0.15, -0.1) is 0 Å². The Kier molecular flexibility index (Phi) is 4.67. The molecule has 2 aliphatic carbocycles. The lowest BCUT2D eigenvalue weighted by molar-refractivity contribution is -0.156. The van der Waals surface area contributed by atoms with Crippen LogP contribution in [0.1, 0.15) is 76.0 Å². The number of aliphatic carboxylic acids is 1. The number of fused-ring (bicyclic) bond motifs is 3. The molecule has 0 aromatic heterocycles. The van der Waals surface area contributed by atoms with Gasteiger partial charge in [-0.25, -0.2) is 0 Å². The highest BCUT2D eigenvalue weighted by Gasteiger charge is 2.56. The zero-order chi connectivity index (χ0) is 18.6. The van der Waals surface area contributed by atoms with Gasteiger partial charge in [0.1, 0.15) is 0 Å². The Balaban J connectivity index is 2.25. The molecule has 0 radical (unpaired) electrons. The molecule has 5 heteroatoms. The van der Waals surface area contributed by atoms with Crippen LogP contribution in [0.5, 0.6) is 0 Å². The number of nitrogens with zero attached hydrogens (tertiary/aromatic N) is 1. The second-order valence-corrected chi connectivity index (χ2v) is 9.53. The molecule has 0 heterocycles. The van der Waals surface area contributed by atoms with Crippen LogP contribution in [0.2, 0.25) is 0 Å². The van der Waals surface area contributed by atoms with Gasteiger partial charge in [-0.05, 0) is 89.3 Å². The summed E-state index contributed by atoms with van der Waals surface area (Å²) in [5.41, 5.74) is 3.04. The van der Waals surface area contributed by atoms with E-state index in [2.05, 4.69) is 60.7 Å². The molecular formula is C20H26INO3. The van der Waals surface area contributed by atoms with Crippen LogP contribution in [-0.4, -0.2) is 22.0 Å². The van der Waals surface area contributed by atoms with Gasteiger partial charge >= 0.3 is 5.97 Å². The van der Waals surface area contributed by atoms with Crippen LogP contribution in [0, 0.1) is 14.9 Å². The lowest BCUT2D eigenvalue weighted by Crippen LogP contribution is -2.53. The Morgan fingerprint density at radius 3 is 2.56 bits per heavy atom. The number of benzene rings is 1. The highest BCUT2D eigenvalue weighted by Crippen LogP contribution is 2.57. The van der Waals surface area contributed by atoms with E-state index in [1.165, 1.54) is 9.13 Å². The van der Waals surface area contributed by atoms with Gasteiger partial charge in [0, 0.05) is 9.13 Å².